The number of piperidine rings is 1. The Hall–Kier alpha value is -3.73. The normalized spacial score (nSPS) is 23.6. The summed E-state index contributed by atoms with van der Waals surface area (Å²) >= 11 is 0. The van der Waals surface area contributed by atoms with Crippen LogP contribution in [0.4, 0.5) is 11.6 Å². The molecule has 1 spiro atoms. The van der Waals surface area contributed by atoms with E-state index in [0.717, 1.165) is 74.4 Å². The number of fused-ring (bicyclic) bond motifs is 4. The van der Waals surface area contributed by atoms with Crippen molar-refractivity contribution in [1.29, 1.82) is 0 Å². The number of anilines is 2. The lowest BCUT2D eigenvalue weighted by atomic mass is 9.57. The second-order valence-electron chi connectivity index (χ2n) is 13.0. The maximum atomic E-state index is 13.3. The Morgan fingerprint density at radius 3 is 2.70 bits per heavy atom. The number of likely N-dealkylation sites (N-methyl/N-ethyl adjacent to an activating group) is 1. The van der Waals surface area contributed by atoms with Crippen LogP contribution in [0, 0.1) is 11.3 Å². The summed E-state index contributed by atoms with van der Waals surface area (Å²) in [5.41, 5.74) is 3.06. The summed E-state index contributed by atoms with van der Waals surface area (Å²) in [5.74, 6) is 1.95. The Balaban J connectivity index is 0.947. The van der Waals surface area contributed by atoms with Crippen molar-refractivity contribution in [1.82, 2.24) is 25.1 Å². The maximum absolute atomic E-state index is 13.3. The molecule has 3 fully saturated rings. The van der Waals surface area contributed by atoms with Crippen LogP contribution >= 0.6 is 0 Å². The molecule has 1 aromatic carbocycles. The number of ether oxygens (including phenoxy) is 1. The van der Waals surface area contributed by atoms with Crippen LogP contribution in [-0.2, 0) is 16.1 Å². The highest BCUT2D eigenvalue weighted by atomic mass is 16.5. The summed E-state index contributed by atoms with van der Waals surface area (Å²) < 4.78 is 6.25. The number of carbonyl (C=O) groups is 3. The molecule has 1 saturated carbocycles. The lowest BCUT2D eigenvalue weighted by molar-refractivity contribution is -0.125. The number of piperazine rings is 1. The SMILES string of the molecule is CNC(=O)C(CCC=O)N1Cc2cc3c(cc2C1=O)OCC1CN(CC2CC4(CCN(c5ncccn5)CC4)C2)CCN31. The molecule has 43 heavy (non-hydrogen) atoms. The standard InChI is InChI=1S/C32H41N7O4/c1-33-29(41)26(4-2-13-40)39-19-23-14-27-28(15-25(23)30(39)42)43-21-24-20-36(11-12-38(24)27)18-22-16-32(17-22)5-9-37(10-6-32)31-34-7-3-8-35-31/h3,7-8,13-15,22,24,26H,2,4-6,9-12,16-21H2,1H3,(H,33,41). The first-order valence-corrected chi connectivity index (χ1v) is 15.7. The van der Waals surface area contributed by atoms with Gasteiger partial charge in [0.25, 0.3) is 5.91 Å². The van der Waals surface area contributed by atoms with Crippen LogP contribution in [0.3, 0.4) is 0 Å². The van der Waals surface area contributed by atoms with E-state index in [-0.39, 0.29) is 24.3 Å². The second kappa shape index (κ2) is 11.4. The van der Waals surface area contributed by atoms with E-state index >= 15 is 0 Å². The minimum Gasteiger partial charge on any atom is -0.489 e. The molecule has 2 saturated heterocycles. The highest BCUT2D eigenvalue weighted by Gasteiger charge is 2.47. The number of aldehydes is 1. The first-order chi connectivity index (χ1) is 21.0. The van der Waals surface area contributed by atoms with E-state index in [2.05, 4.69) is 36.1 Å². The van der Waals surface area contributed by atoms with E-state index in [1.807, 2.05) is 24.5 Å². The molecule has 228 valence electrons. The molecule has 1 N–H and O–H groups in total. The van der Waals surface area contributed by atoms with Gasteiger partial charge in [0.1, 0.15) is 24.7 Å². The van der Waals surface area contributed by atoms with Crippen molar-refractivity contribution in [3.05, 3.63) is 41.7 Å². The van der Waals surface area contributed by atoms with Crippen molar-refractivity contribution >= 4 is 29.7 Å². The van der Waals surface area contributed by atoms with Gasteiger partial charge in [-0.15, -0.1) is 0 Å². The topological polar surface area (TPSA) is 111 Å². The maximum Gasteiger partial charge on any atom is 0.255 e. The molecule has 2 atom stereocenters. The van der Waals surface area contributed by atoms with Crippen LogP contribution in [0.1, 0.15) is 54.4 Å². The Kier molecular flexibility index (Phi) is 7.44. The van der Waals surface area contributed by atoms with Gasteiger partial charge in [-0.3, -0.25) is 14.5 Å². The average Bonchev–Trinajstić information content (AvgIpc) is 3.34. The highest BCUT2D eigenvalue weighted by Crippen LogP contribution is 2.53. The van der Waals surface area contributed by atoms with Crippen molar-refractivity contribution in [2.75, 3.05) is 62.7 Å². The third-order valence-electron chi connectivity index (χ3n) is 10.4. The molecular weight excluding hydrogens is 546 g/mol. The fourth-order valence-corrected chi connectivity index (χ4v) is 8.20. The third-order valence-corrected chi connectivity index (χ3v) is 10.4. The Morgan fingerprint density at radius 2 is 1.95 bits per heavy atom. The van der Waals surface area contributed by atoms with E-state index < -0.39 is 6.04 Å². The number of benzene rings is 1. The molecule has 5 heterocycles. The molecule has 0 bridgehead atoms. The minimum atomic E-state index is -0.666. The van der Waals surface area contributed by atoms with Crippen molar-refractivity contribution in [3.63, 3.8) is 0 Å². The zero-order chi connectivity index (χ0) is 29.6. The number of nitrogens with one attached hydrogen (secondary N) is 1. The van der Waals surface area contributed by atoms with Crippen molar-refractivity contribution in [2.24, 2.45) is 11.3 Å². The van der Waals surface area contributed by atoms with E-state index in [0.29, 0.717) is 30.6 Å². The van der Waals surface area contributed by atoms with E-state index in [1.165, 1.54) is 25.7 Å². The van der Waals surface area contributed by atoms with Crippen molar-refractivity contribution < 1.29 is 19.1 Å². The first kappa shape index (κ1) is 28.1. The summed E-state index contributed by atoms with van der Waals surface area (Å²) in [5, 5.41) is 2.65. The van der Waals surface area contributed by atoms with E-state index in [9.17, 15) is 14.4 Å². The predicted octanol–water partition coefficient (Wildman–Crippen LogP) is 2.11. The van der Waals surface area contributed by atoms with Gasteiger partial charge in [-0.2, -0.15) is 0 Å². The smallest absolute Gasteiger partial charge is 0.255 e. The van der Waals surface area contributed by atoms with Gasteiger partial charge in [0, 0.05) is 77.2 Å². The lowest BCUT2D eigenvalue weighted by Gasteiger charge is -2.54. The summed E-state index contributed by atoms with van der Waals surface area (Å²) in [6.45, 7) is 7.15. The van der Waals surface area contributed by atoms with Crippen LogP contribution in [-0.4, -0.2) is 103 Å². The fraction of sp³-hybridized carbons (Fsp3) is 0.594. The van der Waals surface area contributed by atoms with Crippen LogP contribution < -0.4 is 19.9 Å². The minimum absolute atomic E-state index is 0.176. The van der Waals surface area contributed by atoms with E-state index in [4.69, 9.17) is 4.74 Å². The van der Waals surface area contributed by atoms with Crippen LogP contribution in [0.2, 0.25) is 0 Å². The van der Waals surface area contributed by atoms with E-state index in [1.54, 1.807) is 11.9 Å². The number of carbonyl (C=O) groups excluding carboxylic acids is 3. The number of rotatable bonds is 8. The monoisotopic (exact) mass is 587 g/mol. The molecule has 2 unspecified atom stereocenters. The largest absolute Gasteiger partial charge is 0.489 e. The van der Waals surface area contributed by atoms with Crippen molar-refractivity contribution in [3.8, 4) is 5.75 Å². The molecule has 2 aromatic rings. The third kappa shape index (κ3) is 5.21. The van der Waals surface area contributed by atoms with Gasteiger partial charge in [0.05, 0.1) is 11.7 Å². The van der Waals surface area contributed by atoms with Crippen LogP contribution in [0.25, 0.3) is 0 Å². The molecule has 11 nitrogen and oxygen atoms in total. The number of nitrogens with zero attached hydrogens (tertiary/aromatic N) is 6. The van der Waals surface area contributed by atoms with Gasteiger partial charge in [-0.25, -0.2) is 9.97 Å². The summed E-state index contributed by atoms with van der Waals surface area (Å²) in [6.07, 6.45) is 10.1. The van der Waals surface area contributed by atoms with Crippen LogP contribution in [0.5, 0.6) is 5.75 Å². The Bertz CT molecular complexity index is 1370. The summed E-state index contributed by atoms with van der Waals surface area (Å²) in [4.78, 5) is 54.8. The van der Waals surface area contributed by atoms with Gasteiger partial charge in [0.2, 0.25) is 11.9 Å². The molecule has 4 aliphatic heterocycles. The zero-order valence-electron chi connectivity index (χ0n) is 24.9. The number of hydrogen-bond donors (Lipinski definition) is 1. The molecule has 1 aromatic heterocycles. The summed E-state index contributed by atoms with van der Waals surface area (Å²) in [7, 11) is 1.56. The van der Waals surface area contributed by atoms with Gasteiger partial charge in [0.15, 0.2) is 0 Å². The van der Waals surface area contributed by atoms with Gasteiger partial charge < -0.3 is 29.5 Å². The quantitative estimate of drug-likeness (QED) is 0.464. The number of aromatic nitrogens is 2. The predicted molar refractivity (Wildman–Crippen MR) is 161 cm³/mol. The highest BCUT2D eigenvalue weighted by molar-refractivity contribution is 6.02. The van der Waals surface area contributed by atoms with Gasteiger partial charge in [-0.05, 0) is 67.2 Å². The van der Waals surface area contributed by atoms with Gasteiger partial charge >= 0.3 is 0 Å². The Morgan fingerprint density at radius 1 is 1.16 bits per heavy atom. The first-order valence-electron chi connectivity index (χ1n) is 15.7. The number of hydrogen-bond acceptors (Lipinski definition) is 9. The number of amides is 2. The average molecular weight is 588 g/mol. The zero-order valence-corrected chi connectivity index (χ0v) is 24.9. The molecule has 2 amide bonds. The van der Waals surface area contributed by atoms with Gasteiger partial charge in [-0.1, -0.05) is 0 Å². The molecule has 1 aliphatic carbocycles. The molecule has 5 aliphatic rings. The lowest BCUT2D eigenvalue weighted by Crippen LogP contribution is -2.59. The van der Waals surface area contributed by atoms with Crippen LogP contribution in [0.15, 0.2) is 30.6 Å². The van der Waals surface area contributed by atoms with Crippen molar-refractivity contribution in [2.45, 2.75) is 57.2 Å². The molecule has 0 radical (unpaired) electrons. The molecule has 11 heteroatoms. The second-order valence-corrected chi connectivity index (χ2v) is 13.0. The Labute approximate surface area is 252 Å². The molecular formula is C32H41N7O4. The summed E-state index contributed by atoms with van der Waals surface area (Å²) in [6, 6.07) is 5.44. The fourth-order valence-electron chi connectivity index (χ4n) is 8.20. The molecule has 7 rings (SSSR count).